The molecule has 1 aromatic carbocycles. The van der Waals surface area contributed by atoms with E-state index in [9.17, 15) is 13.6 Å². The summed E-state index contributed by atoms with van der Waals surface area (Å²) in [6.07, 6.45) is 0.950. The van der Waals surface area contributed by atoms with E-state index in [0.29, 0.717) is 26.1 Å². The lowest BCUT2D eigenvalue weighted by atomic mass is 9.90. The van der Waals surface area contributed by atoms with Gasteiger partial charge in [0.2, 0.25) is 5.91 Å². The maximum Gasteiger partial charge on any atom is 0.240 e. The first-order chi connectivity index (χ1) is 10.0. The van der Waals surface area contributed by atoms with Gasteiger partial charge in [0.05, 0.1) is 12.1 Å². The van der Waals surface area contributed by atoms with E-state index in [2.05, 4.69) is 5.32 Å². The average molecular weight is 300 g/mol. The van der Waals surface area contributed by atoms with Gasteiger partial charge in [0.15, 0.2) is 11.6 Å². The fourth-order valence-corrected chi connectivity index (χ4v) is 2.04. The molecule has 0 spiro atoms. The number of rotatable bonds is 5. The summed E-state index contributed by atoms with van der Waals surface area (Å²) < 4.78 is 36.1. The van der Waals surface area contributed by atoms with Crippen molar-refractivity contribution in [1.82, 2.24) is 5.32 Å². The first-order valence-corrected chi connectivity index (χ1v) is 6.74. The minimum Gasteiger partial charge on any atom is -0.492 e. The third kappa shape index (κ3) is 4.12. The summed E-state index contributed by atoms with van der Waals surface area (Å²) in [7, 11) is 0. The highest BCUT2D eigenvalue weighted by molar-refractivity contribution is 5.86. The summed E-state index contributed by atoms with van der Waals surface area (Å²) in [5, 5.41) is 2.68. The Balaban J connectivity index is 1.74. The van der Waals surface area contributed by atoms with Crippen LogP contribution in [-0.4, -0.2) is 37.8 Å². The third-order valence-electron chi connectivity index (χ3n) is 3.38. The Morgan fingerprint density at radius 1 is 1.33 bits per heavy atom. The van der Waals surface area contributed by atoms with E-state index >= 15 is 0 Å². The van der Waals surface area contributed by atoms with E-state index in [-0.39, 0.29) is 24.8 Å². The Bertz CT molecular complexity index is 505. The molecule has 3 N–H and O–H groups in total. The second-order valence-corrected chi connectivity index (χ2v) is 4.95. The molecule has 1 aliphatic heterocycles. The number of hydrogen-bond acceptors (Lipinski definition) is 4. The molecule has 0 bridgehead atoms. The minimum atomic E-state index is -0.973. The number of nitrogens with two attached hydrogens (primary N) is 1. The van der Waals surface area contributed by atoms with E-state index in [1.54, 1.807) is 0 Å². The maximum absolute atomic E-state index is 13.0. The van der Waals surface area contributed by atoms with E-state index in [1.165, 1.54) is 6.07 Å². The molecule has 116 valence electrons. The molecule has 5 nitrogen and oxygen atoms in total. The molecule has 1 heterocycles. The van der Waals surface area contributed by atoms with Crippen molar-refractivity contribution >= 4 is 5.91 Å². The molecular weight excluding hydrogens is 282 g/mol. The van der Waals surface area contributed by atoms with Crippen LogP contribution in [0.1, 0.15) is 12.8 Å². The summed E-state index contributed by atoms with van der Waals surface area (Å²) >= 11 is 0. The lowest BCUT2D eigenvalue weighted by molar-refractivity contribution is -0.129. The van der Waals surface area contributed by atoms with Crippen molar-refractivity contribution in [2.75, 3.05) is 26.4 Å². The molecule has 1 aliphatic rings. The number of carbonyl (C=O) groups is 1. The summed E-state index contributed by atoms with van der Waals surface area (Å²) in [5.41, 5.74) is 5.11. The summed E-state index contributed by atoms with van der Waals surface area (Å²) in [5.74, 6) is -1.95. The number of benzene rings is 1. The molecule has 1 saturated heterocycles. The molecule has 1 aromatic rings. The number of hydrogen-bond donors (Lipinski definition) is 2. The molecule has 0 saturated carbocycles. The van der Waals surface area contributed by atoms with Gasteiger partial charge in [0, 0.05) is 19.3 Å². The number of nitrogens with one attached hydrogen (secondary N) is 1. The standard InChI is InChI=1S/C14H18F2N2O3/c15-11-2-1-10(9-12(11)16)21-8-5-18-13(19)14(17)3-6-20-7-4-14/h1-2,9H,3-8,17H2,(H,18,19). The van der Waals surface area contributed by atoms with Crippen LogP contribution in [0, 0.1) is 11.6 Å². The topological polar surface area (TPSA) is 73.6 Å². The van der Waals surface area contributed by atoms with Gasteiger partial charge in [-0.3, -0.25) is 4.79 Å². The fraction of sp³-hybridized carbons (Fsp3) is 0.500. The van der Waals surface area contributed by atoms with Gasteiger partial charge in [0.1, 0.15) is 12.4 Å². The van der Waals surface area contributed by atoms with Gasteiger partial charge in [0.25, 0.3) is 0 Å². The van der Waals surface area contributed by atoms with Crippen LogP contribution < -0.4 is 15.8 Å². The summed E-state index contributed by atoms with van der Waals surface area (Å²) in [4.78, 5) is 12.0. The van der Waals surface area contributed by atoms with Gasteiger partial charge in [-0.2, -0.15) is 0 Å². The second kappa shape index (κ2) is 6.82. The molecule has 0 atom stereocenters. The van der Waals surface area contributed by atoms with Crippen LogP contribution in [0.15, 0.2) is 18.2 Å². The molecule has 0 aromatic heterocycles. The highest BCUT2D eigenvalue weighted by Crippen LogP contribution is 2.18. The average Bonchev–Trinajstić information content (AvgIpc) is 2.47. The minimum absolute atomic E-state index is 0.142. The van der Waals surface area contributed by atoms with Crippen molar-refractivity contribution in [3.05, 3.63) is 29.8 Å². The van der Waals surface area contributed by atoms with Gasteiger partial charge in [-0.25, -0.2) is 8.78 Å². The van der Waals surface area contributed by atoms with Gasteiger partial charge in [-0.05, 0) is 25.0 Å². The van der Waals surface area contributed by atoms with Crippen LogP contribution in [-0.2, 0) is 9.53 Å². The predicted octanol–water partition coefficient (Wildman–Crippen LogP) is 0.968. The Morgan fingerprint density at radius 2 is 2.05 bits per heavy atom. The lowest BCUT2D eigenvalue weighted by Crippen LogP contribution is -2.57. The van der Waals surface area contributed by atoms with Crippen molar-refractivity contribution in [2.45, 2.75) is 18.4 Å². The van der Waals surface area contributed by atoms with Gasteiger partial charge in [-0.15, -0.1) is 0 Å². The zero-order valence-corrected chi connectivity index (χ0v) is 11.5. The number of amides is 1. The van der Waals surface area contributed by atoms with Crippen molar-refractivity contribution in [2.24, 2.45) is 5.73 Å². The van der Waals surface area contributed by atoms with Gasteiger partial charge in [-0.1, -0.05) is 0 Å². The largest absolute Gasteiger partial charge is 0.492 e. The summed E-state index contributed by atoms with van der Waals surface area (Å²) in [6, 6.07) is 3.27. The highest BCUT2D eigenvalue weighted by atomic mass is 19.2. The molecule has 0 aliphatic carbocycles. The van der Waals surface area contributed by atoms with E-state index in [0.717, 1.165) is 12.1 Å². The van der Waals surface area contributed by atoms with Crippen LogP contribution in [0.4, 0.5) is 8.78 Å². The van der Waals surface area contributed by atoms with Crippen LogP contribution in [0.3, 0.4) is 0 Å². The number of halogens is 2. The Kier molecular flexibility index (Phi) is 5.08. The quantitative estimate of drug-likeness (QED) is 0.795. The Hall–Kier alpha value is -1.73. The molecule has 0 unspecified atom stereocenters. The van der Waals surface area contributed by atoms with Crippen molar-refractivity contribution < 1.29 is 23.0 Å². The Labute approximate surface area is 121 Å². The normalized spacial score (nSPS) is 17.3. The zero-order chi connectivity index (χ0) is 15.3. The first-order valence-electron chi connectivity index (χ1n) is 6.74. The van der Waals surface area contributed by atoms with E-state index in [1.807, 2.05) is 0 Å². The molecule has 21 heavy (non-hydrogen) atoms. The fourth-order valence-electron chi connectivity index (χ4n) is 2.04. The third-order valence-corrected chi connectivity index (χ3v) is 3.38. The maximum atomic E-state index is 13.0. The second-order valence-electron chi connectivity index (χ2n) is 4.95. The molecule has 7 heteroatoms. The monoisotopic (exact) mass is 300 g/mol. The SMILES string of the molecule is NC1(C(=O)NCCOc2ccc(F)c(F)c2)CCOCC1. The van der Waals surface area contributed by atoms with Crippen LogP contribution in [0.2, 0.25) is 0 Å². The lowest BCUT2D eigenvalue weighted by Gasteiger charge is -2.31. The molecule has 0 radical (unpaired) electrons. The van der Waals surface area contributed by atoms with E-state index < -0.39 is 17.2 Å². The highest BCUT2D eigenvalue weighted by Gasteiger charge is 2.35. The molecule has 1 amide bonds. The van der Waals surface area contributed by atoms with Crippen molar-refractivity contribution in [1.29, 1.82) is 0 Å². The van der Waals surface area contributed by atoms with Gasteiger partial charge < -0.3 is 20.5 Å². The van der Waals surface area contributed by atoms with Crippen LogP contribution in [0.5, 0.6) is 5.75 Å². The smallest absolute Gasteiger partial charge is 0.240 e. The predicted molar refractivity (Wildman–Crippen MR) is 71.8 cm³/mol. The molecule has 2 rings (SSSR count). The van der Waals surface area contributed by atoms with Crippen LogP contribution >= 0.6 is 0 Å². The van der Waals surface area contributed by atoms with Crippen molar-refractivity contribution in [3.63, 3.8) is 0 Å². The molecule has 1 fully saturated rings. The number of ether oxygens (including phenoxy) is 2. The zero-order valence-electron chi connectivity index (χ0n) is 11.5. The van der Waals surface area contributed by atoms with E-state index in [4.69, 9.17) is 15.2 Å². The number of carbonyl (C=O) groups excluding carboxylic acids is 1. The first kappa shape index (κ1) is 15.7. The van der Waals surface area contributed by atoms with Crippen LogP contribution in [0.25, 0.3) is 0 Å². The van der Waals surface area contributed by atoms with Gasteiger partial charge >= 0.3 is 0 Å². The van der Waals surface area contributed by atoms with Crippen molar-refractivity contribution in [3.8, 4) is 5.75 Å². The Morgan fingerprint density at radius 3 is 2.71 bits per heavy atom. The summed E-state index contributed by atoms with van der Waals surface area (Å²) in [6.45, 7) is 1.31. The molecular formula is C14H18F2N2O3.